The number of aliphatic hydroxyl groups excluding tert-OH is 1. The molecule has 13 heavy (non-hydrogen) atoms. The molecule has 0 aromatic heterocycles. The van der Waals surface area contributed by atoms with Crippen molar-refractivity contribution in [2.45, 2.75) is 5.60 Å². The first-order chi connectivity index (χ1) is 6.18. The van der Waals surface area contributed by atoms with Gasteiger partial charge >= 0.3 is 0 Å². The van der Waals surface area contributed by atoms with Crippen LogP contribution in [-0.4, -0.2) is 18.3 Å². The maximum Gasteiger partial charge on any atom is 0.142 e. The van der Waals surface area contributed by atoms with E-state index in [9.17, 15) is 8.78 Å². The summed E-state index contributed by atoms with van der Waals surface area (Å²) >= 11 is 0. The third-order valence-corrected chi connectivity index (χ3v) is 2.17. The van der Waals surface area contributed by atoms with E-state index >= 15 is 0 Å². The van der Waals surface area contributed by atoms with Gasteiger partial charge < -0.3 is 9.84 Å². The Bertz CT molecular complexity index is 334. The SMILES string of the molecule is OC[C@]1(c2ccc(F)cc2F)CO1. The third kappa shape index (κ3) is 1.32. The van der Waals surface area contributed by atoms with Crippen molar-refractivity contribution in [3.8, 4) is 0 Å². The van der Waals surface area contributed by atoms with Crippen LogP contribution in [0.2, 0.25) is 0 Å². The number of halogens is 2. The van der Waals surface area contributed by atoms with Gasteiger partial charge in [-0.2, -0.15) is 0 Å². The van der Waals surface area contributed by atoms with E-state index in [2.05, 4.69) is 0 Å². The molecule has 1 fully saturated rings. The molecule has 2 nitrogen and oxygen atoms in total. The molecule has 1 saturated heterocycles. The second-order valence-electron chi connectivity index (χ2n) is 3.07. The van der Waals surface area contributed by atoms with Gasteiger partial charge in [-0.3, -0.25) is 0 Å². The average Bonchev–Trinajstić information content (AvgIpc) is 2.85. The molecule has 1 aromatic carbocycles. The Morgan fingerprint density at radius 1 is 1.46 bits per heavy atom. The lowest BCUT2D eigenvalue weighted by Gasteiger charge is -2.09. The summed E-state index contributed by atoms with van der Waals surface area (Å²) in [4.78, 5) is 0. The van der Waals surface area contributed by atoms with E-state index in [1.54, 1.807) is 0 Å². The highest BCUT2D eigenvalue weighted by Crippen LogP contribution is 2.39. The average molecular weight is 186 g/mol. The number of ether oxygens (including phenoxy) is 1. The van der Waals surface area contributed by atoms with Gasteiger partial charge in [0, 0.05) is 11.6 Å². The summed E-state index contributed by atoms with van der Waals surface area (Å²) in [7, 11) is 0. The van der Waals surface area contributed by atoms with Crippen LogP contribution in [0.4, 0.5) is 8.78 Å². The van der Waals surface area contributed by atoms with E-state index in [0.29, 0.717) is 0 Å². The predicted octanol–water partition coefficient (Wildman–Crippen LogP) is 1.18. The Morgan fingerprint density at radius 2 is 2.15 bits per heavy atom. The Balaban J connectivity index is 2.41. The summed E-state index contributed by atoms with van der Waals surface area (Å²) in [5.41, 5.74) is -0.700. The fourth-order valence-electron chi connectivity index (χ4n) is 1.28. The molecule has 0 saturated carbocycles. The van der Waals surface area contributed by atoms with Crippen LogP contribution in [0.25, 0.3) is 0 Å². The Kier molecular flexibility index (Phi) is 1.82. The van der Waals surface area contributed by atoms with Crippen LogP contribution in [0, 0.1) is 11.6 Å². The molecule has 1 N–H and O–H groups in total. The van der Waals surface area contributed by atoms with Crippen LogP contribution in [0.1, 0.15) is 5.56 Å². The zero-order chi connectivity index (χ0) is 9.47. The number of rotatable bonds is 2. The van der Waals surface area contributed by atoms with Crippen molar-refractivity contribution in [1.29, 1.82) is 0 Å². The highest BCUT2D eigenvalue weighted by Gasteiger charge is 2.47. The minimum Gasteiger partial charge on any atom is -0.393 e. The summed E-state index contributed by atoms with van der Waals surface area (Å²) in [6.45, 7) is 0.00159. The summed E-state index contributed by atoms with van der Waals surface area (Å²) < 4.78 is 30.6. The number of benzene rings is 1. The minimum absolute atomic E-state index is 0.219. The van der Waals surface area contributed by atoms with E-state index in [1.165, 1.54) is 6.07 Å². The fourth-order valence-corrected chi connectivity index (χ4v) is 1.28. The van der Waals surface area contributed by atoms with Crippen LogP contribution in [0.3, 0.4) is 0 Å². The largest absolute Gasteiger partial charge is 0.393 e. The molecule has 4 heteroatoms. The highest BCUT2D eigenvalue weighted by molar-refractivity contribution is 5.29. The van der Waals surface area contributed by atoms with Gasteiger partial charge in [-0.25, -0.2) is 8.78 Å². The summed E-state index contributed by atoms with van der Waals surface area (Å²) in [6, 6.07) is 3.24. The van der Waals surface area contributed by atoms with Crippen LogP contribution < -0.4 is 0 Å². The van der Waals surface area contributed by atoms with Crippen molar-refractivity contribution in [1.82, 2.24) is 0 Å². The van der Waals surface area contributed by atoms with Gasteiger partial charge in [0.25, 0.3) is 0 Å². The van der Waals surface area contributed by atoms with Gasteiger partial charge in [-0.15, -0.1) is 0 Å². The molecule has 1 heterocycles. The third-order valence-electron chi connectivity index (χ3n) is 2.17. The van der Waals surface area contributed by atoms with Crippen molar-refractivity contribution in [3.05, 3.63) is 35.4 Å². The van der Waals surface area contributed by atoms with E-state index in [0.717, 1.165) is 12.1 Å². The quantitative estimate of drug-likeness (QED) is 0.703. The molecular weight excluding hydrogens is 178 g/mol. The Morgan fingerprint density at radius 3 is 2.62 bits per heavy atom. The van der Waals surface area contributed by atoms with E-state index in [4.69, 9.17) is 9.84 Å². The molecule has 1 aliphatic rings. The fraction of sp³-hybridized carbons (Fsp3) is 0.333. The van der Waals surface area contributed by atoms with Crippen LogP contribution in [0.5, 0.6) is 0 Å². The Hall–Kier alpha value is -1.00. The normalized spacial score (nSPS) is 26.1. The lowest BCUT2D eigenvalue weighted by atomic mass is 10.0. The number of hydrogen-bond acceptors (Lipinski definition) is 2. The first-order valence-electron chi connectivity index (χ1n) is 3.88. The second-order valence-corrected chi connectivity index (χ2v) is 3.07. The number of aliphatic hydroxyl groups is 1. The first kappa shape index (κ1) is 8.59. The van der Waals surface area contributed by atoms with E-state index < -0.39 is 17.2 Å². The number of epoxide rings is 1. The van der Waals surface area contributed by atoms with E-state index in [-0.39, 0.29) is 18.8 Å². The smallest absolute Gasteiger partial charge is 0.142 e. The number of hydrogen-bond donors (Lipinski definition) is 1. The van der Waals surface area contributed by atoms with Crippen LogP contribution >= 0.6 is 0 Å². The van der Waals surface area contributed by atoms with Crippen LogP contribution in [-0.2, 0) is 10.3 Å². The van der Waals surface area contributed by atoms with E-state index in [1.807, 2.05) is 0 Å². The van der Waals surface area contributed by atoms with Crippen LogP contribution in [0.15, 0.2) is 18.2 Å². The van der Waals surface area contributed by atoms with Crippen molar-refractivity contribution in [3.63, 3.8) is 0 Å². The van der Waals surface area contributed by atoms with Gasteiger partial charge in [0.2, 0.25) is 0 Å². The molecule has 1 atom stereocenters. The zero-order valence-electron chi connectivity index (χ0n) is 6.76. The summed E-state index contributed by atoms with van der Waals surface area (Å²) in [6.07, 6.45) is 0. The van der Waals surface area contributed by atoms with Gasteiger partial charge in [0.1, 0.15) is 17.2 Å². The predicted molar refractivity (Wildman–Crippen MR) is 41.1 cm³/mol. The topological polar surface area (TPSA) is 32.8 Å². The van der Waals surface area contributed by atoms with Crippen molar-refractivity contribution in [2.75, 3.05) is 13.2 Å². The lowest BCUT2D eigenvalue weighted by molar-refractivity contribution is 0.169. The molecule has 0 aliphatic carbocycles. The molecule has 1 aliphatic heterocycles. The Labute approximate surface area is 73.8 Å². The minimum atomic E-state index is -0.919. The van der Waals surface area contributed by atoms with Crippen molar-refractivity contribution < 1.29 is 18.6 Å². The molecular formula is C9H8F2O2. The second kappa shape index (κ2) is 2.75. The molecule has 0 amide bonds. The van der Waals surface area contributed by atoms with Crippen molar-refractivity contribution in [2.24, 2.45) is 0 Å². The lowest BCUT2D eigenvalue weighted by Crippen LogP contribution is -2.16. The monoisotopic (exact) mass is 186 g/mol. The zero-order valence-corrected chi connectivity index (χ0v) is 6.76. The molecule has 0 spiro atoms. The van der Waals surface area contributed by atoms with Gasteiger partial charge in [-0.1, -0.05) is 6.07 Å². The van der Waals surface area contributed by atoms with Crippen molar-refractivity contribution >= 4 is 0 Å². The van der Waals surface area contributed by atoms with Gasteiger partial charge in [0.15, 0.2) is 0 Å². The van der Waals surface area contributed by atoms with Gasteiger partial charge in [-0.05, 0) is 6.07 Å². The highest BCUT2D eigenvalue weighted by atomic mass is 19.1. The molecule has 0 unspecified atom stereocenters. The van der Waals surface area contributed by atoms with Gasteiger partial charge in [0.05, 0.1) is 13.2 Å². The molecule has 0 radical (unpaired) electrons. The maximum atomic E-state index is 13.1. The standard InChI is InChI=1S/C9H8F2O2/c10-6-1-2-7(8(11)3-6)9(4-12)5-13-9/h1-3,12H,4-5H2/t9-/m1/s1. The molecule has 70 valence electrons. The molecule has 0 bridgehead atoms. The maximum absolute atomic E-state index is 13.1. The first-order valence-corrected chi connectivity index (χ1v) is 3.88. The molecule has 2 rings (SSSR count). The summed E-state index contributed by atoms with van der Waals surface area (Å²) in [5.74, 6) is -1.30. The molecule has 1 aromatic rings. The summed E-state index contributed by atoms with van der Waals surface area (Å²) in [5, 5.41) is 8.92.